The van der Waals surface area contributed by atoms with Crippen LogP contribution >= 0.6 is 0 Å². The van der Waals surface area contributed by atoms with Gasteiger partial charge in [-0.2, -0.15) is 0 Å². The van der Waals surface area contributed by atoms with Crippen molar-refractivity contribution in [3.8, 4) is 0 Å². The first kappa shape index (κ1) is 13.0. The number of rotatable bonds is 2. The zero-order chi connectivity index (χ0) is 13.2. The van der Waals surface area contributed by atoms with Gasteiger partial charge in [0, 0.05) is 20.3 Å². The molecule has 1 aliphatic heterocycles. The van der Waals surface area contributed by atoms with Crippen LogP contribution in [0.3, 0.4) is 0 Å². The maximum Gasteiger partial charge on any atom is 0.415 e. The van der Waals surface area contributed by atoms with Crippen molar-refractivity contribution in [1.82, 2.24) is 9.80 Å². The molecule has 1 N–H and O–H groups in total. The Hall–Kier alpha value is -2.05. The van der Waals surface area contributed by atoms with Gasteiger partial charge in [0.15, 0.2) is 6.04 Å². The van der Waals surface area contributed by atoms with E-state index < -0.39 is 24.0 Å². The van der Waals surface area contributed by atoms with E-state index in [1.807, 2.05) is 0 Å². The number of hydrogen-bond acceptors (Lipinski definition) is 5. The molecule has 0 aromatic heterocycles. The number of carbonyl (C=O) groups is 3. The van der Waals surface area contributed by atoms with Gasteiger partial charge in [-0.15, -0.1) is 0 Å². The number of amides is 2. The van der Waals surface area contributed by atoms with Crippen molar-refractivity contribution in [1.29, 1.82) is 0 Å². The molecule has 0 saturated carbocycles. The van der Waals surface area contributed by atoms with Crippen LogP contribution in [0.5, 0.6) is 0 Å². The van der Waals surface area contributed by atoms with Crippen LogP contribution in [0, 0.1) is 0 Å². The fraction of sp³-hybridized carbons (Fsp3) is 0.500. The van der Waals surface area contributed by atoms with E-state index in [0.29, 0.717) is 10.5 Å². The standard InChI is InChI=1S/C10H14N2O5/c1-11(2)5-6-4-7(13)12(10(15)16)8(6)9(14)17-3/h5,8H,4H2,1-3H3,(H,15,16). The molecule has 1 fully saturated rings. The van der Waals surface area contributed by atoms with E-state index in [4.69, 9.17) is 5.11 Å². The topological polar surface area (TPSA) is 87.2 Å². The molecule has 1 aliphatic rings. The molecule has 7 nitrogen and oxygen atoms in total. The number of imide groups is 1. The van der Waals surface area contributed by atoms with Crippen molar-refractivity contribution in [3.05, 3.63) is 11.8 Å². The summed E-state index contributed by atoms with van der Waals surface area (Å²) in [4.78, 5) is 36.1. The number of likely N-dealkylation sites (tertiary alicyclic amines) is 1. The summed E-state index contributed by atoms with van der Waals surface area (Å²) in [6, 6.07) is -1.17. The van der Waals surface area contributed by atoms with Gasteiger partial charge in [0.05, 0.1) is 13.5 Å². The molecule has 0 spiro atoms. The first-order valence-electron chi connectivity index (χ1n) is 4.88. The Kier molecular flexibility index (Phi) is 3.72. The van der Waals surface area contributed by atoms with Crippen LogP contribution in [0.1, 0.15) is 6.42 Å². The van der Waals surface area contributed by atoms with Crippen molar-refractivity contribution in [3.63, 3.8) is 0 Å². The molecule has 1 heterocycles. The molecule has 1 saturated heterocycles. The summed E-state index contributed by atoms with van der Waals surface area (Å²) in [6.45, 7) is 0. The minimum Gasteiger partial charge on any atom is -0.467 e. The molecule has 2 amide bonds. The summed E-state index contributed by atoms with van der Waals surface area (Å²) in [7, 11) is 4.59. The third kappa shape index (κ3) is 2.55. The summed E-state index contributed by atoms with van der Waals surface area (Å²) in [5.41, 5.74) is 0.411. The second-order valence-electron chi connectivity index (χ2n) is 3.82. The largest absolute Gasteiger partial charge is 0.467 e. The van der Waals surface area contributed by atoms with Crippen LogP contribution in [0.2, 0.25) is 0 Å². The average Bonchev–Trinajstić information content (AvgIpc) is 2.52. The number of esters is 1. The number of methoxy groups -OCH3 is 1. The van der Waals surface area contributed by atoms with Crippen molar-refractivity contribution in [2.75, 3.05) is 21.2 Å². The van der Waals surface area contributed by atoms with Gasteiger partial charge in [-0.1, -0.05) is 0 Å². The second kappa shape index (κ2) is 4.86. The van der Waals surface area contributed by atoms with E-state index >= 15 is 0 Å². The quantitative estimate of drug-likeness (QED) is 0.679. The number of ether oxygens (including phenoxy) is 1. The van der Waals surface area contributed by atoms with Crippen molar-refractivity contribution >= 4 is 18.0 Å². The molecule has 0 bridgehead atoms. The van der Waals surface area contributed by atoms with Gasteiger partial charge in [0.25, 0.3) is 0 Å². The Morgan fingerprint density at radius 3 is 2.53 bits per heavy atom. The summed E-state index contributed by atoms with van der Waals surface area (Å²) in [5.74, 6) is -1.38. The third-order valence-corrected chi connectivity index (χ3v) is 2.29. The Morgan fingerprint density at radius 2 is 2.12 bits per heavy atom. The molecule has 0 aromatic carbocycles. The normalized spacial score (nSPS) is 21.8. The monoisotopic (exact) mass is 242 g/mol. The van der Waals surface area contributed by atoms with Gasteiger partial charge in [0.1, 0.15) is 0 Å². The van der Waals surface area contributed by atoms with Crippen LogP contribution in [0.25, 0.3) is 0 Å². The van der Waals surface area contributed by atoms with Gasteiger partial charge in [0.2, 0.25) is 5.91 Å². The number of carbonyl (C=O) groups excluding carboxylic acids is 2. The highest BCUT2D eigenvalue weighted by molar-refractivity contribution is 6.02. The van der Waals surface area contributed by atoms with Crippen LogP contribution < -0.4 is 0 Å². The molecule has 7 heteroatoms. The van der Waals surface area contributed by atoms with Gasteiger partial charge < -0.3 is 14.7 Å². The predicted molar refractivity (Wildman–Crippen MR) is 57.1 cm³/mol. The van der Waals surface area contributed by atoms with E-state index in [1.54, 1.807) is 25.2 Å². The number of nitrogens with zero attached hydrogens (tertiary/aromatic N) is 2. The van der Waals surface area contributed by atoms with E-state index in [0.717, 1.165) is 7.11 Å². The lowest BCUT2D eigenvalue weighted by molar-refractivity contribution is -0.147. The maximum atomic E-state index is 11.5. The molecular formula is C10H14N2O5. The minimum absolute atomic E-state index is 0.0930. The highest BCUT2D eigenvalue weighted by Gasteiger charge is 2.44. The van der Waals surface area contributed by atoms with E-state index in [2.05, 4.69) is 4.74 Å². The summed E-state index contributed by atoms with van der Waals surface area (Å²) < 4.78 is 4.52. The number of hydrogen-bond donors (Lipinski definition) is 1. The summed E-state index contributed by atoms with van der Waals surface area (Å²) in [5, 5.41) is 8.91. The zero-order valence-corrected chi connectivity index (χ0v) is 9.84. The van der Waals surface area contributed by atoms with Crippen molar-refractivity contribution in [2.24, 2.45) is 0 Å². The van der Waals surface area contributed by atoms with Crippen LogP contribution in [-0.2, 0) is 14.3 Å². The molecule has 0 aliphatic carbocycles. The Labute approximate surface area is 98.2 Å². The molecule has 1 atom stereocenters. The number of carboxylic acid groups (broad SMARTS) is 1. The van der Waals surface area contributed by atoms with Crippen LogP contribution in [0.15, 0.2) is 11.8 Å². The molecule has 0 aromatic rings. The molecular weight excluding hydrogens is 228 g/mol. The lowest BCUT2D eigenvalue weighted by Crippen LogP contribution is -2.43. The fourth-order valence-corrected chi connectivity index (χ4v) is 1.70. The molecule has 1 rings (SSSR count). The highest BCUT2D eigenvalue weighted by atomic mass is 16.5. The minimum atomic E-state index is -1.45. The van der Waals surface area contributed by atoms with Gasteiger partial charge in [-0.25, -0.2) is 14.5 Å². The Morgan fingerprint density at radius 1 is 1.53 bits per heavy atom. The Balaban J connectivity index is 3.14. The Bertz CT molecular complexity index is 388. The fourth-order valence-electron chi connectivity index (χ4n) is 1.70. The van der Waals surface area contributed by atoms with Crippen molar-refractivity contribution < 1.29 is 24.2 Å². The molecule has 17 heavy (non-hydrogen) atoms. The predicted octanol–water partition coefficient (Wildman–Crippen LogP) is -0.116. The van der Waals surface area contributed by atoms with E-state index in [9.17, 15) is 14.4 Å². The molecule has 0 radical (unpaired) electrons. The maximum absolute atomic E-state index is 11.5. The molecule has 94 valence electrons. The highest BCUT2D eigenvalue weighted by Crippen LogP contribution is 2.26. The first-order chi connectivity index (χ1) is 7.88. The summed E-state index contributed by atoms with van der Waals surface area (Å²) >= 11 is 0. The van der Waals surface area contributed by atoms with Gasteiger partial charge >= 0.3 is 12.1 Å². The van der Waals surface area contributed by atoms with Gasteiger partial charge in [-0.05, 0) is 5.57 Å². The lowest BCUT2D eigenvalue weighted by Gasteiger charge is -2.18. The first-order valence-corrected chi connectivity index (χ1v) is 4.88. The van der Waals surface area contributed by atoms with Crippen molar-refractivity contribution in [2.45, 2.75) is 12.5 Å². The van der Waals surface area contributed by atoms with Crippen LogP contribution in [-0.4, -0.2) is 60.1 Å². The summed E-state index contributed by atoms with van der Waals surface area (Å²) in [6.07, 6.45) is 0.0136. The third-order valence-electron chi connectivity index (χ3n) is 2.29. The van der Waals surface area contributed by atoms with E-state index in [-0.39, 0.29) is 6.42 Å². The zero-order valence-electron chi connectivity index (χ0n) is 9.84. The second-order valence-corrected chi connectivity index (χ2v) is 3.82. The molecule has 1 unspecified atom stereocenters. The average molecular weight is 242 g/mol. The SMILES string of the molecule is COC(=O)C1C(=CN(C)C)CC(=O)N1C(=O)O. The van der Waals surface area contributed by atoms with E-state index in [1.165, 1.54) is 0 Å². The lowest BCUT2D eigenvalue weighted by atomic mass is 10.1. The van der Waals surface area contributed by atoms with Gasteiger partial charge in [-0.3, -0.25) is 4.79 Å². The van der Waals surface area contributed by atoms with Crippen LogP contribution in [0.4, 0.5) is 4.79 Å². The smallest absolute Gasteiger partial charge is 0.415 e.